The Morgan fingerprint density at radius 2 is 1.68 bits per heavy atom. The summed E-state index contributed by atoms with van der Waals surface area (Å²) in [5.74, 6) is 0.769. The van der Waals surface area contributed by atoms with E-state index in [-0.39, 0.29) is 0 Å². The second-order valence-electron chi connectivity index (χ2n) is 4.18. The van der Waals surface area contributed by atoms with E-state index in [1.54, 1.807) is 6.07 Å². The molecule has 6 heteroatoms. The van der Waals surface area contributed by atoms with E-state index in [9.17, 15) is 0 Å². The summed E-state index contributed by atoms with van der Waals surface area (Å²) in [6.45, 7) is 2.11. The molecule has 0 fully saturated rings. The fourth-order valence-corrected chi connectivity index (χ4v) is 2.39. The van der Waals surface area contributed by atoms with Gasteiger partial charge in [-0.2, -0.15) is 0 Å². The molecule has 0 aliphatic carbocycles. The summed E-state index contributed by atoms with van der Waals surface area (Å²) in [4.78, 5) is 9.33. The van der Waals surface area contributed by atoms with Crippen molar-refractivity contribution in [1.82, 2.24) is 15.3 Å². The van der Waals surface area contributed by atoms with Gasteiger partial charge in [0.15, 0.2) is 5.16 Å². The minimum atomic E-state index is 0.332. The number of nitrogen functional groups attached to an aromatic ring is 2. The van der Waals surface area contributed by atoms with E-state index >= 15 is 0 Å². The van der Waals surface area contributed by atoms with Crippen molar-refractivity contribution in [1.29, 1.82) is 0 Å². The lowest BCUT2D eigenvalue weighted by molar-refractivity contribution is 0.652. The van der Waals surface area contributed by atoms with E-state index in [2.05, 4.69) is 34.3 Å². The third-order valence-electron chi connectivity index (χ3n) is 2.77. The number of rotatable bonds is 4. The van der Waals surface area contributed by atoms with Crippen LogP contribution in [0.1, 0.15) is 18.5 Å². The summed E-state index contributed by atoms with van der Waals surface area (Å²) in [6.07, 6.45) is 0. The molecule has 5 nitrogen and oxygen atoms in total. The van der Waals surface area contributed by atoms with E-state index in [0.29, 0.717) is 22.8 Å². The highest BCUT2D eigenvalue weighted by atomic mass is 32.2. The Bertz CT molecular complexity index is 535. The molecule has 0 amide bonds. The summed E-state index contributed by atoms with van der Waals surface area (Å²) in [5, 5.41) is 3.76. The van der Waals surface area contributed by atoms with Gasteiger partial charge >= 0.3 is 0 Å². The Balaban J connectivity index is 2.15. The number of benzene rings is 1. The molecule has 19 heavy (non-hydrogen) atoms. The van der Waals surface area contributed by atoms with Crippen LogP contribution in [0.25, 0.3) is 0 Å². The number of hydrogen-bond acceptors (Lipinski definition) is 6. The van der Waals surface area contributed by atoms with Gasteiger partial charge in [-0.3, -0.25) is 0 Å². The molecule has 1 aromatic carbocycles. The molecule has 100 valence electrons. The van der Waals surface area contributed by atoms with Gasteiger partial charge in [0.05, 0.1) is 0 Å². The largest absolute Gasteiger partial charge is 0.383 e. The van der Waals surface area contributed by atoms with Crippen molar-refractivity contribution in [3.63, 3.8) is 0 Å². The maximum absolute atomic E-state index is 5.64. The van der Waals surface area contributed by atoms with Gasteiger partial charge < -0.3 is 16.8 Å². The fourth-order valence-electron chi connectivity index (χ4n) is 1.60. The summed E-state index contributed by atoms with van der Waals surface area (Å²) in [5.41, 5.74) is 12.5. The van der Waals surface area contributed by atoms with Gasteiger partial charge in [0.25, 0.3) is 0 Å². The Kier molecular flexibility index (Phi) is 4.24. The zero-order valence-corrected chi connectivity index (χ0v) is 11.7. The number of hydrogen-bond donors (Lipinski definition) is 3. The number of aromatic nitrogens is 2. The van der Waals surface area contributed by atoms with Crippen LogP contribution in [0.5, 0.6) is 0 Å². The number of anilines is 2. The smallest absolute Gasteiger partial charge is 0.196 e. The van der Waals surface area contributed by atoms with Crippen LogP contribution in [-0.2, 0) is 0 Å². The highest BCUT2D eigenvalue weighted by Gasteiger charge is 2.05. The lowest BCUT2D eigenvalue weighted by atomic mass is 10.1. The standard InChI is InChI=1S/C13H17N5S/c1-8(16-2)9-3-5-10(6-4-9)19-13-17-11(14)7-12(15)18-13/h3-8,16H,1-2H3,(H4,14,15,17,18). The summed E-state index contributed by atoms with van der Waals surface area (Å²) in [7, 11) is 1.94. The molecule has 0 aliphatic rings. The summed E-state index contributed by atoms with van der Waals surface area (Å²) >= 11 is 1.44. The first-order valence-electron chi connectivity index (χ1n) is 5.93. The van der Waals surface area contributed by atoms with Crippen molar-refractivity contribution in [3.05, 3.63) is 35.9 Å². The zero-order valence-electron chi connectivity index (χ0n) is 10.9. The van der Waals surface area contributed by atoms with E-state index in [0.717, 1.165) is 4.90 Å². The Morgan fingerprint density at radius 1 is 1.11 bits per heavy atom. The van der Waals surface area contributed by atoms with Crippen LogP contribution in [0, 0.1) is 0 Å². The molecule has 0 aliphatic heterocycles. The minimum absolute atomic E-state index is 0.332. The third-order valence-corrected chi connectivity index (χ3v) is 3.64. The summed E-state index contributed by atoms with van der Waals surface area (Å²) < 4.78 is 0. The number of nitrogens with one attached hydrogen (secondary N) is 1. The Morgan fingerprint density at radius 3 is 2.21 bits per heavy atom. The second kappa shape index (κ2) is 5.90. The molecule has 1 heterocycles. The predicted octanol–water partition coefficient (Wildman–Crippen LogP) is 2.07. The highest BCUT2D eigenvalue weighted by Crippen LogP contribution is 2.27. The van der Waals surface area contributed by atoms with Crippen LogP contribution in [0.3, 0.4) is 0 Å². The zero-order chi connectivity index (χ0) is 13.8. The van der Waals surface area contributed by atoms with Crippen LogP contribution < -0.4 is 16.8 Å². The molecule has 2 rings (SSSR count). The van der Waals surface area contributed by atoms with Crippen molar-refractivity contribution in [2.45, 2.75) is 23.0 Å². The van der Waals surface area contributed by atoms with Gasteiger partial charge in [-0.15, -0.1) is 0 Å². The quantitative estimate of drug-likeness (QED) is 0.740. The van der Waals surface area contributed by atoms with Gasteiger partial charge in [-0.25, -0.2) is 9.97 Å². The molecule has 0 spiro atoms. The monoisotopic (exact) mass is 275 g/mol. The first kappa shape index (κ1) is 13.6. The molecule has 0 bridgehead atoms. The highest BCUT2D eigenvalue weighted by molar-refractivity contribution is 7.99. The van der Waals surface area contributed by atoms with Crippen LogP contribution in [0.15, 0.2) is 40.4 Å². The first-order valence-corrected chi connectivity index (χ1v) is 6.75. The van der Waals surface area contributed by atoms with Crippen molar-refractivity contribution >= 4 is 23.4 Å². The van der Waals surface area contributed by atoms with Crippen molar-refractivity contribution in [3.8, 4) is 0 Å². The molecule has 1 unspecified atom stereocenters. The number of nitrogens with zero attached hydrogens (tertiary/aromatic N) is 2. The Labute approximate surface area is 116 Å². The molecule has 5 N–H and O–H groups in total. The molecular weight excluding hydrogens is 258 g/mol. The molecule has 0 saturated heterocycles. The van der Waals surface area contributed by atoms with Gasteiger partial charge in [0.1, 0.15) is 11.6 Å². The third kappa shape index (κ3) is 3.59. The molecule has 0 saturated carbocycles. The fraction of sp³-hybridized carbons (Fsp3) is 0.231. The average molecular weight is 275 g/mol. The molecule has 1 atom stereocenters. The van der Waals surface area contributed by atoms with Crippen molar-refractivity contribution in [2.75, 3.05) is 18.5 Å². The Hall–Kier alpha value is -1.79. The van der Waals surface area contributed by atoms with E-state index in [1.165, 1.54) is 17.3 Å². The molecule has 0 radical (unpaired) electrons. The normalized spacial score (nSPS) is 12.3. The SMILES string of the molecule is CNC(C)c1ccc(Sc2nc(N)cc(N)n2)cc1. The average Bonchev–Trinajstić information content (AvgIpc) is 2.37. The maximum Gasteiger partial charge on any atom is 0.196 e. The van der Waals surface area contributed by atoms with Gasteiger partial charge in [-0.05, 0) is 43.4 Å². The molecular formula is C13H17N5S. The van der Waals surface area contributed by atoms with Gasteiger partial charge in [0.2, 0.25) is 0 Å². The minimum Gasteiger partial charge on any atom is -0.383 e. The van der Waals surface area contributed by atoms with Crippen LogP contribution in [0.2, 0.25) is 0 Å². The lowest BCUT2D eigenvalue weighted by Crippen LogP contribution is -2.11. The van der Waals surface area contributed by atoms with E-state index in [1.807, 2.05) is 19.2 Å². The maximum atomic E-state index is 5.64. The lowest BCUT2D eigenvalue weighted by Gasteiger charge is -2.10. The van der Waals surface area contributed by atoms with Crippen molar-refractivity contribution in [2.24, 2.45) is 0 Å². The summed E-state index contributed by atoms with van der Waals surface area (Å²) in [6, 6.07) is 10.1. The van der Waals surface area contributed by atoms with Crippen LogP contribution in [0.4, 0.5) is 11.6 Å². The van der Waals surface area contributed by atoms with Crippen LogP contribution in [-0.4, -0.2) is 17.0 Å². The first-order chi connectivity index (χ1) is 9.08. The molecule has 2 aromatic rings. The van der Waals surface area contributed by atoms with Gasteiger partial charge in [-0.1, -0.05) is 12.1 Å². The second-order valence-corrected chi connectivity index (χ2v) is 5.22. The van der Waals surface area contributed by atoms with E-state index in [4.69, 9.17) is 11.5 Å². The predicted molar refractivity (Wildman–Crippen MR) is 78.9 cm³/mol. The van der Waals surface area contributed by atoms with Crippen LogP contribution >= 0.6 is 11.8 Å². The molecule has 1 aromatic heterocycles. The van der Waals surface area contributed by atoms with E-state index < -0.39 is 0 Å². The topological polar surface area (TPSA) is 89.8 Å². The number of nitrogens with two attached hydrogens (primary N) is 2. The van der Waals surface area contributed by atoms with Crippen molar-refractivity contribution < 1.29 is 0 Å². The van der Waals surface area contributed by atoms with Gasteiger partial charge in [0, 0.05) is 17.0 Å².